The molecule has 0 saturated carbocycles. The Morgan fingerprint density at radius 3 is 2.31 bits per heavy atom. The maximum Gasteiger partial charge on any atom is 0.317 e. The number of rotatable bonds is 9. The highest BCUT2D eigenvalue weighted by Crippen LogP contribution is 2.27. The molecule has 0 unspecified atom stereocenters. The largest absolute Gasteiger partial charge is 0.493 e. The van der Waals surface area contributed by atoms with Crippen LogP contribution in [0.1, 0.15) is 11.1 Å². The van der Waals surface area contributed by atoms with Gasteiger partial charge >= 0.3 is 6.03 Å². The van der Waals surface area contributed by atoms with Crippen LogP contribution < -0.4 is 14.8 Å². The predicted octanol–water partition coefficient (Wildman–Crippen LogP) is 1.94. The lowest BCUT2D eigenvalue weighted by atomic mass is 10.1. The molecule has 0 spiro atoms. The highest BCUT2D eigenvalue weighted by molar-refractivity contribution is 5.83. The number of nitrogens with zero attached hydrogens (tertiary/aromatic N) is 3. The normalized spacial score (nSPS) is 10.2. The summed E-state index contributed by atoms with van der Waals surface area (Å²) in [7, 11) is 6.44. The van der Waals surface area contributed by atoms with E-state index in [9.17, 15) is 9.59 Å². The molecule has 8 heteroatoms. The predicted molar refractivity (Wildman–Crippen MR) is 110 cm³/mol. The van der Waals surface area contributed by atoms with Gasteiger partial charge in [-0.2, -0.15) is 0 Å². The van der Waals surface area contributed by atoms with E-state index < -0.39 is 0 Å². The fourth-order valence-electron chi connectivity index (χ4n) is 2.72. The maximum atomic E-state index is 12.8. The van der Waals surface area contributed by atoms with Crippen molar-refractivity contribution in [1.82, 2.24) is 20.1 Å². The molecule has 0 bridgehead atoms. The van der Waals surface area contributed by atoms with Crippen LogP contribution in [0.4, 0.5) is 4.79 Å². The highest BCUT2D eigenvalue weighted by atomic mass is 16.5. The summed E-state index contributed by atoms with van der Waals surface area (Å²) in [6.07, 6.45) is 4.03. The Balaban J connectivity index is 2.08. The molecule has 1 aromatic carbocycles. The fraction of sp³-hybridized carbons (Fsp3) is 0.381. The lowest BCUT2D eigenvalue weighted by Gasteiger charge is -2.24. The summed E-state index contributed by atoms with van der Waals surface area (Å²) < 4.78 is 10.6. The SMILES string of the molecule is COc1ccc(CCN(Cc2ccncc2)C(=O)CNC(=O)N(C)C)cc1OC. The Morgan fingerprint density at radius 2 is 1.69 bits per heavy atom. The van der Waals surface area contributed by atoms with Crippen LogP contribution in [-0.2, 0) is 17.8 Å². The Bertz CT molecular complexity index is 812. The third kappa shape index (κ3) is 6.67. The smallest absolute Gasteiger partial charge is 0.317 e. The Hall–Kier alpha value is -3.29. The number of methoxy groups -OCH3 is 2. The molecular formula is C21H28N4O4. The molecule has 1 heterocycles. The zero-order valence-electron chi connectivity index (χ0n) is 17.3. The molecule has 0 aliphatic heterocycles. The lowest BCUT2D eigenvalue weighted by Crippen LogP contribution is -2.43. The van der Waals surface area contributed by atoms with Crippen molar-refractivity contribution in [3.05, 3.63) is 53.9 Å². The number of ether oxygens (including phenoxy) is 2. The average molecular weight is 400 g/mol. The minimum Gasteiger partial charge on any atom is -0.493 e. The van der Waals surface area contributed by atoms with E-state index in [1.54, 1.807) is 45.6 Å². The van der Waals surface area contributed by atoms with Crippen molar-refractivity contribution in [3.8, 4) is 11.5 Å². The zero-order chi connectivity index (χ0) is 21.2. The molecule has 3 amide bonds. The molecule has 29 heavy (non-hydrogen) atoms. The summed E-state index contributed by atoms with van der Waals surface area (Å²) in [4.78, 5) is 31.6. The van der Waals surface area contributed by atoms with Crippen molar-refractivity contribution in [2.45, 2.75) is 13.0 Å². The number of urea groups is 1. The van der Waals surface area contributed by atoms with Gasteiger partial charge in [0.2, 0.25) is 5.91 Å². The van der Waals surface area contributed by atoms with E-state index in [0.29, 0.717) is 31.0 Å². The molecular weight excluding hydrogens is 372 g/mol. The Labute approximate surface area is 171 Å². The summed E-state index contributed by atoms with van der Waals surface area (Å²) in [6, 6.07) is 9.14. The van der Waals surface area contributed by atoms with Crippen molar-refractivity contribution in [2.24, 2.45) is 0 Å². The van der Waals surface area contributed by atoms with Crippen LogP contribution in [0.3, 0.4) is 0 Å². The first-order valence-corrected chi connectivity index (χ1v) is 9.27. The third-order valence-electron chi connectivity index (χ3n) is 4.39. The lowest BCUT2D eigenvalue weighted by molar-refractivity contribution is -0.130. The molecule has 8 nitrogen and oxygen atoms in total. The minimum atomic E-state index is -0.304. The number of benzene rings is 1. The molecule has 1 aromatic heterocycles. The van der Waals surface area contributed by atoms with Gasteiger partial charge in [-0.05, 0) is 41.8 Å². The number of amides is 3. The van der Waals surface area contributed by atoms with Gasteiger partial charge in [0.05, 0.1) is 20.8 Å². The zero-order valence-corrected chi connectivity index (χ0v) is 17.3. The van der Waals surface area contributed by atoms with Gasteiger partial charge in [-0.1, -0.05) is 6.07 Å². The van der Waals surface area contributed by atoms with Gasteiger partial charge in [0.1, 0.15) is 0 Å². The van der Waals surface area contributed by atoms with E-state index in [4.69, 9.17) is 9.47 Å². The topological polar surface area (TPSA) is 84.0 Å². The number of aromatic nitrogens is 1. The van der Waals surface area contributed by atoms with Crippen molar-refractivity contribution in [1.29, 1.82) is 0 Å². The quantitative estimate of drug-likeness (QED) is 0.695. The summed E-state index contributed by atoms with van der Waals surface area (Å²) >= 11 is 0. The van der Waals surface area contributed by atoms with Gasteiger partial charge in [-0.15, -0.1) is 0 Å². The van der Waals surface area contributed by atoms with Gasteiger partial charge in [0.25, 0.3) is 0 Å². The van der Waals surface area contributed by atoms with E-state index >= 15 is 0 Å². The van der Waals surface area contributed by atoms with Crippen LogP contribution in [0.15, 0.2) is 42.7 Å². The molecule has 0 fully saturated rings. The minimum absolute atomic E-state index is 0.0615. The van der Waals surface area contributed by atoms with Crippen molar-refractivity contribution in [2.75, 3.05) is 41.4 Å². The summed E-state index contributed by atoms with van der Waals surface area (Å²) in [6.45, 7) is 0.870. The van der Waals surface area contributed by atoms with Gasteiger partial charge < -0.3 is 24.6 Å². The van der Waals surface area contributed by atoms with Gasteiger partial charge in [-0.25, -0.2) is 4.79 Å². The van der Waals surface area contributed by atoms with Crippen LogP contribution in [0.5, 0.6) is 11.5 Å². The van der Waals surface area contributed by atoms with Crippen LogP contribution in [0.25, 0.3) is 0 Å². The summed E-state index contributed by atoms with van der Waals surface area (Å²) in [5.41, 5.74) is 1.99. The molecule has 0 aliphatic rings. The number of nitrogens with one attached hydrogen (secondary N) is 1. The monoisotopic (exact) mass is 400 g/mol. The van der Waals surface area contributed by atoms with Crippen LogP contribution in [0.2, 0.25) is 0 Å². The molecule has 156 valence electrons. The van der Waals surface area contributed by atoms with Crippen LogP contribution in [0, 0.1) is 0 Å². The van der Waals surface area contributed by atoms with E-state index in [-0.39, 0.29) is 18.5 Å². The number of hydrogen-bond acceptors (Lipinski definition) is 5. The van der Waals surface area contributed by atoms with Gasteiger partial charge in [0, 0.05) is 39.6 Å². The Kier molecular flexibility index (Phi) is 8.27. The van der Waals surface area contributed by atoms with E-state index in [1.807, 2.05) is 30.3 Å². The van der Waals surface area contributed by atoms with Crippen molar-refractivity contribution < 1.29 is 19.1 Å². The molecule has 1 N–H and O–H groups in total. The number of hydrogen-bond donors (Lipinski definition) is 1. The highest BCUT2D eigenvalue weighted by Gasteiger charge is 2.16. The first-order chi connectivity index (χ1) is 13.9. The number of carbonyl (C=O) groups is 2. The van der Waals surface area contributed by atoms with Crippen LogP contribution >= 0.6 is 0 Å². The van der Waals surface area contributed by atoms with Gasteiger partial charge in [0.15, 0.2) is 11.5 Å². The maximum absolute atomic E-state index is 12.8. The van der Waals surface area contributed by atoms with E-state index in [2.05, 4.69) is 10.3 Å². The number of carbonyl (C=O) groups excluding carboxylic acids is 2. The van der Waals surface area contributed by atoms with Gasteiger partial charge in [-0.3, -0.25) is 9.78 Å². The summed E-state index contributed by atoms with van der Waals surface area (Å²) in [5, 5.41) is 2.63. The van der Waals surface area contributed by atoms with Crippen molar-refractivity contribution in [3.63, 3.8) is 0 Å². The number of pyridine rings is 1. The molecule has 2 rings (SSSR count). The summed E-state index contributed by atoms with van der Waals surface area (Å²) in [5.74, 6) is 1.15. The van der Waals surface area contributed by atoms with Crippen molar-refractivity contribution >= 4 is 11.9 Å². The Morgan fingerprint density at radius 1 is 1.00 bits per heavy atom. The second-order valence-corrected chi connectivity index (χ2v) is 6.66. The van der Waals surface area contributed by atoms with Crippen LogP contribution in [-0.4, -0.2) is 68.1 Å². The molecule has 0 radical (unpaired) electrons. The van der Waals surface area contributed by atoms with E-state index in [0.717, 1.165) is 11.1 Å². The molecule has 0 atom stereocenters. The first-order valence-electron chi connectivity index (χ1n) is 9.27. The second-order valence-electron chi connectivity index (χ2n) is 6.66. The van der Waals surface area contributed by atoms with E-state index in [1.165, 1.54) is 4.90 Å². The molecule has 0 aliphatic carbocycles. The third-order valence-corrected chi connectivity index (χ3v) is 4.39. The standard InChI is InChI=1S/C21H28N4O4/c1-24(2)21(27)23-14-20(26)25(15-17-7-10-22-11-8-17)12-9-16-5-6-18(28-3)19(13-16)29-4/h5-8,10-11,13H,9,12,14-15H2,1-4H3,(H,23,27). The molecule has 0 saturated heterocycles. The first kappa shape index (κ1) is 22.0. The second kappa shape index (κ2) is 10.9. The molecule has 2 aromatic rings. The average Bonchev–Trinajstić information content (AvgIpc) is 2.74. The fourth-order valence-corrected chi connectivity index (χ4v) is 2.72.